The summed E-state index contributed by atoms with van der Waals surface area (Å²) >= 11 is 0. The van der Waals surface area contributed by atoms with Crippen LogP contribution >= 0.6 is 0 Å². The van der Waals surface area contributed by atoms with Crippen LogP contribution in [0.25, 0.3) is 0 Å². The molecule has 0 aromatic heterocycles. The fourth-order valence-electron chi connectivity index (χ4n) is 0.468. The van der Waals surface area contributed by atoms with Crippen LogP contribution in [0.15, 0.2) is 0 Å². The van der Waals surface area contributed by atoms with E-state index in [1.54, 1.807) is 0 Å². The number of hydrogen-bond donors (Lipinski definition) is 1. The van der Waals surface area contributed by atoms with Gasteiger partial charge in [0.1, 0.15) is 6.29 Å². The molecule has 0 aromatic rings. The van der Waals surface area contributed by atoms with E-state index in [1.807, 2.05) is 0 Å². The Labute approximate surface area is 40.7 Å². The number of nitrogens with one attached hydrogen (secondary N) is 1. The lowest BCUT2D eigenvalue weighted by Crippen LogP contribution is -2.49. The Bertz CT molecular complexity index is 102. The molecule has 0 saturated carbocycles. The van der Waals surface area contributed by atoms with E-state index in [0.29, 0.717) is 6.42 Å². The molecule has 1 atom stereocenters. The second-order valence-electron chi connectivity index (χ2n) is 1.51. The molecule has 0 aromatic carbocycles. The summed E-state index contributed by atoms with van der Waals surface area (Å²) in [7, 11) is 0. The molecule has 1 heterocycles. The van der Waals surface area contributed by atoms with Crippen LogP contribution in [0.1, 0.15) is 6.42 Å². The van der Waals surface area contributed by atoms with Crippen LogP contribution in [-0.4, -0.2) is 18.2 Å². The number of carbonyl (C=O) groups is 2. The summed E-state index contributed by atoms with van der Waals surface area (Å²) in [5.74, 6) is -0.0305. The highest BCUT2D eigenvalue weighted by Gasteiger charge is 2.23. The molecule has 0 radical (unpaired) electrons. The molecule has 0 bridgehead atoms. The summed E-state index contributed by atoms with van der Waals surface area (Å²) in [6, 6.07) is -0.188. The normalized spacial score (nSPS) is 28.0. The van der Waals surface area contributed by atoms with Gasteiger partial charge < -0.3 is 10.1 Å². The van der Waals surface area contributed by atoms with E-state index in [-0.39, 0.29) is 11.9 Å². The topological polar surface area (TPSA) is 46.2 Å². The number of aldehydes is 1. The first-order valence-corrected chi connectivity index (χ1v) is 2.07. The van der Waals surface area contributed by atoms with Crippen molar-refractivity contribution in [2.75, 3.05) is 0 Å². The summed E-state index contributed by atoms with van der Waals surface area (Å²) in [5.41, 5.74) is 0. The Hall–Kier alpha value is -0.860. The van der Waals surface area contributed by atoms with E-state index < -0.39 is 0 Å². The van der Waals surface area contributed by atoms with Crippen molar-refractivity contribution in [1.29, 1.82) is 0 Å². The third-order valence-corrected chi connectivity index (χ3v) is 0.916. The predicted octanol–water partition coefficient (Wildman–Crippen LogP) is -0.926. The lowest BCUT2D eigenvalue weighted by molar-refractivity contribution is -0.131. The van der Waals surface area contributed by atoms with Gasteiger partial charge in [0.25, 0.3) is 0 Å². The van der Waals surface area contributed by atoms with Crippen molar-refractivity contribution in [2.45, 2.75) is 12.5 Å². The maximum atomic E-state index is 10.00. The fourth-order valence-corrected chi connectivity index (χ4v) is 0.468. The molecule has 3 heteroatoms. The highest BCUT2D eigenvalue weighted by molar-refractivity contribution is 5.89. The Kier molecular flexibility index (Phi) is 0.817. The average Bonchev–Trinajstić information content (AvgIpc) is 1.58. The summed E-state index contributed by atoms with van der Waals surface area (Å²) < 4.78 is 0. The van der Waals surface area contributed by atoms with Gasteiger partial charge in [0.2, 0.25) is 5.91 Å². The van der Waals surface area contributed by atoms with Gasteiger partial charge in [-0.1, -0.05) is 0 Å². The molecule has 1 aliphatic heterocycles. The van der Waals surface area contributed by atoms with Crippen LogP contribution in [0.4, 0.5) is 0 Å². The van der Waals surface area contributed by atoms with Gasteiger partial charge in [-0.05, 0) is 0 Å². The first kappa shape index (κ1) is 4.30. The van der Waals surface area contributed by atoms with E-state index in [0.717, 1.165) is 6.29 Å². The van der Waals surface area contributed by atoms with Gasteiger partial charge in [-0.3, -0.25) is 4.79 Å². The van der Waals surface area contributed by atoms with Gasteiger partial charge in [-0.25, -0.2) is 0 Å². The predicted molar refractivity (Wildman–Crippen MR) is 22.6 cm³/mol. The summed E-state index contributed by atoms with van der Waals surface area (Å²) in [5, 5.41) is 2.39. The molecule has 0 unspecified atom stereocenters. The zero-order valence-corrected chi connectivity index (χ0v) is 3.68. The summed E-state index contributed by atoms with van der Waals surface area (Å²) in [6.45, 7) is 0. The smallest absolute Gasteiger partial charge is 0.223 e. The van der Waals surface area contributed by atoms with Crippen LogP contribution in [-0.2, 0) is 9.59 Å². The molecule has 1 fully saturated rings. The standard InChI is InChI=1S/C4H5NO2/c6-2-3-1-4(7)5-3/h2-3H,1H2,(H,5,7)/t3-/m0/s1. The molecule has 1 rings (SSSR count). The Morgan fingerprint density at radius 3 is 2.57 bits per heavy atom. The van der Waals surface area contributed by atoms with Gasteiger partial charge in [0.15, 0.2) is 0 Å². The molecule has 38 valence electrons. The van der Waals surface area contributed by atoms with Crippen molar-refractivity contribution in [3.8, 4) is 0 Å². The van der Waals surface area contributed by atoms with Crippen LogP contribution in [0.3, 0.4) is 0 Å². The monoisotopic (exact) mass is 99.0 g/mol. The third kappa shape index (κ3) is 0.607. The minimum Gasteiger partial charge on any atom is -0.346 e. The number of carbonyl (C=O) groups excluding carboxylic acids is 2. The van der Waals surface area contributed by atoms with Gasteiger partial charge in [0, 0.05) is 0 Å². The van der Waals surface area contributed by atoms with E-state index in [9.17, 15) is 9.59 Å². The molecule has 3 nitrogen and oxygen atoms in total. The Morgan fingerprint density at radius 1 is 1.86 bits per heavy atom. The van der Waals surface area contributed by atoms with Crippen molar-refractivity contribution in [1.82, 2.24) is 5.32 Å². The van der Waals surface area contributed by atoms with Crippen molar-refractivity contribution in [3.63, 3.8) is 0 Å². The minimum absolute atomic E-state index is 0.0305. The Balaban J connectivity index is 2.29. The highest BCUT2D eigenvalue weighted by Crippen LogP contribution is 1.98. The highest BCUT2D eigenvalue weighted by atomic mass is 16.2. The van der Waals surface area contributed by atoms with Gasteiger partial charge in [-0.15, -0.1) is 0 Å². The number of β-lactam (4-membered cyclic amide) rings is 1. The number of hydrogen-bond acceptors (Lipinski definition) is 2. The molecule has 1 N–H and O–H groups in total. The van der Waals surface area contributed by atoms with Gasteiger partial charge in [0.05, 0.1) is 12.5 Å². The molecule has 0 aliphatic carbocycles. The number of rotatable bonds is 1. The van der Waals surface area contributed by atoms with Crippen molar-refractivity contribution in [2.24, 2.45) is 0 Å². The number of amides is 1. The summed E-state index contributed by atoms with van der Waals surface area (Å²) in [4.78, 5) is 19.7. The van der Waals surface area contributed by atoms with E-state index in [1.165, 1.54) is 0 Å². The first-order valence-electron chi connectivity index (χ1n) is 2.07. The SMILES string of the molecule is O=C[C@@H]1CC(=O)N1. The largest absolute Gasteiger partial charge is 0.346 e. The average molecular weight is 99.1 g/mol. The van der Waals surface area contributed by atoms with E-state index in [4.69, 9.17) is 0 Å². The molecule has 0 spiro atoms. The molecular weight excluding hydrogens is 94.0 g/mol. The van der Waals surface area contributed by atoms with Crippen LogP contribution < -0.4 is 5.32 Å². The summed E-state index contributed by atoms with van der Waals surface area (Å²) in [6.07, 6.45) is 1.12. The molecule has 1 amide bonds. The van der Waals surface area contributed by atoms with Crippen LogP contribution in [0, 0.1) is 0 Å². The van der Waals surface area contributed by atoms with E-state index in [2.05, 4.69) is 5.32 Å². The maximum absolute atomic E-state index is 10.00. The lowest BCUT2D eigenvalue weighted by Gasteiger charge is -2.20. The van der Waals surface area contributed by atoms with Crippen molar-refractivity contribution >= 4 is 12.2 Å². The maximum Gasteiger partial charge on any atom is 0.223 e. The minimum atomic E-state index is -0.188. The zero-order chi connectivity index (χ0) is 5.28. The Morgan fingerprint density at radius 2 is 2.43 bits per heavy atom. The van der Waals surface area contributed by atoms with Crippen LogP contribution in [0.2, 0.25) is 0 Å². The second kappa shape index (κ2) is 1.33. The molecule has 1 aliphatic rings. The molecule has 7 heavy (non-hydrogen) atoms. The zero-order valence-electron chi connectivity index (χ0n) is 3.68. The van der Waals surface area contributed by atoms with Gasteiger partial charge in [-0.2, -0.15) is 0 Å². The fraction of sp³-hybridized carbons (Fsp3) is 0.500. The molecular formula is C4H5NO2. The van der Waals surface area contributed by atoms with Crippen molar-refractivity contribution < 1.29 is 9.59 Å². The quantitative estimate of drug-likeness (QED) is 0.341. The van der Waals surface area contributed by atoms with E-state index >= 15 is 0 Å². The third-order valence-electron chi connectivity index (χ3n) is 0.916. The second-order valence-corrected chi connectivity index (χ2v) is 1.51. The lowest BCUT2D eigenvalue weighted by atomic mass is 10.1. The van der Waals surface area contributed by atoms with Crippen LogP contribution in [0.5, 0.6) is 0 Å². The first-order chi connectivity index (χ1) is 3.33. The van der Waals surface area contributed by atoms with Crippen molar-refractivity contribution in [3.05, 3.63) is 0 Å². The van der Waals surface area contributed by atoms with Gasteiger partial charge >= 0.3 is 0 Å². The molecule has 1 saturated heterocycles.